The molecular weight excluding hydrogens is 164 g/mol. The Morgan fingerprint density at radius 2 is 2.45 bits per heavy atom. The monoisotopic (exact) mass is 166 g/mol. The van der Waals surface area contributed by atoms with Crippen molar-refractivity contribution >= 4 is 23.7 Å². The lowest BCUT2D eigenvalue weighted by Gasteiger charge is -1.91. The van der Waals surface area contributed by atoms with Gasteiger partial charge in [-0.05, 0) is 6.07 Å². The zero-order chi connectivity index (χ0) is 8.27. The molecule has 0 amide bonds. The second-order valence-electron chi connectivity index (χ2n) is 1.80. The van der Waals surface area contributed by atoms with Gasteiger partial charge in [0.1, 0.15) is 6.20 Å². The average molecular weight is 167 g/mol. The highest BCUT2D eigenvalue weighted by molar-refractivity contribution is 6.33. The third-order valence-corrected chi connectivity index (χ3v) is 1.36. The molecule has 0 aliphatic rings. The lowest BCUT2D eigenvalue weighted by atomic mass is 10.3. The van der Waals surface area contributed by atoms with E-state index < -0.39 is 0 Å². The maximum Gasteiger partial charge on any atom is 0.288 e. The van der Waals surface area contributed by atoms with Gasteiger partial charge in [-0.15, -0.1) is 4.98 Å². The summed E-state index contributed by atoms with van der Waals surface area (Å²) >= 11 is 5.57. The summed E-state index contributed by atoms with van der Waals surface area (Å²) in [4.78, 5) is 16.9. The molecule has 3 nitrogen and oxygen atoms in total. The van der Waals surface area contributed by atoms with Crippen LogP contribution in [0.1, 0.15) is 10.4 Å². The van der Waals surface area contributed by atoms with Crippen LogP contribution in [0, 0.1) is 6.57 Å². The molecule has 1 heterocycles. The van der Waals surface area contributed by atoms with Crippen LogP contribution in [0.3, 0.4) is 0 Å². The van der Waals surface area contributed by atoms with Crippen molar-refractivity contribution in [1.82, 2.24) is 4.98 Å². The Hall–Kier alpha value is -1.40. The quantitative estimate of drug-likeness (QED) is 0.473. The standard InChI is InChI=1S/C7H3ClN2O/c1-9-7-6(8)2-5(4-11)3-10-7/h2-4H. The van der Waals surface area contributed by atoms with E-state index in [9.17, 15) is 4.79 Å². The van der Waals surface area contributed by atoms with Crippen LogP contribution in [0.4, 0.5) is 5.82 Å². The van der Waals surface area contributed by atoms with Gasteiger partial charge in [0.25, 0.3) is 5.82 Å². The number of halogens is 1. The lowest BCUT2D eigenvalue weighted by molar-refractivity contribution is 0.112. The summed E-state index contributed by atoms with van der Waals surface area (Å²) < 4.78 is 0. The molecule has 4 heteroatoms. The Morgan fingerprint density at radius 1 is 1.73 bits per heavy atom. The summed E-state index contributed by atoms with van der Waals surface area (Å²) in [6.45, 7) is 6.60. The number of nitrogens with zero attached hydrogens (tertiary/aromatic N) is 2. The average Bonchev–Trinajstić information content (AvgIpc) is 2.04. The minimum atomic E-state index is 0.122. The van der Waals surface area contributed by atoms with Crippen LogP contribution in [0.5, 0.6) is 0 Å². The van der Waals surface area contributed by atoms with Crippen molar-refractivity contribution in [2.24, 2.45) is 0 Å². The van der Waals surface area contributed by atoms with Crippen LogP contribution in [0.2, 0.25) is 5.02 Å². The highest BCUT2D eigenvalue weighted by Crippen LogP contribution is 2.21. The van der Waals surface area contributed by atoms with Crippen LogP contribution in [-0.4, -0.2) is 11.3 Å². The van der Waals surface area contributed by atoms with E-state index in [0.717, 1.165) is 0 Å². The van der Waals surface area contributed by atoms with Crippen molar-refractivity contribution < 1.29 is 4.79 Å². The highest BCUT2D eigenvalue weighted by Gasteiger charge is 2.02. The molecular formula is C7H3ClN2O. The molecule has 0 spiro atoms. The van der Waals surface area contributed by atoms with E-state index in [1.54, 1.807) is 0 Å². The minimum absolute atomic E-state index is 0.122. The molecule has 0 saturated heterocycles. The molecule has 11 heavy (non-hydrogen) atoms. The van der Waals surface area contributed by atoms with Crippen LogP contribution < -0.4 is 0 Å². The Balaban J connectivity index is 3.22. The first-order valence-electron chi connectivity index (χ1n) is 2.76. The number of aromatic nitrogens is 1. The van der Waals surface area contributed by atoms with E-state index in [4.69, 9.17) is 18.2 Å². The van der Waals surface area contributed by atoms with Gasteiger partial charge in [0.2, 0.25) is 0 Å². The number of rotatable bonds is 1. The predicted molar refractivity (Wildman–Crippen MR) is 40.9 cm³/mol. The van der Waals surface area contributed by atoms with E-state index in [0.29, 0.717) is 11.8 Å². The third kappa shape index (κ3) is 1.54. The molecule has 0 aliphatic carbocycles. The Kier molecular flexibility index (Phi) is 2.19. The summed E-state index contributed by atoms with van der Waals surface area (Å²) in [7, 11) is 0. The molecule has 0 fully saturated rings. The van der Waals surface area contributed by atoms with Gasteiger partial charge in [-0.25, -0.2) is 0 Å². The second-order valence-corrected chi connectivity index (χ2v) is 2.21. The molecule has 0 radical (unpaired) electrons. The van der Waals surface area contributed by atoms with Gasteiger partial charge in [0, 0.05) is 0 Å². The van der Waals surface area contributed by atoms with E-state index in [-0.39, 0.29) is 10.8 Å². The predicted octanol–water partition coefficient (Wildman–Crippen LogP) is 2.10. The van der Waals surface area contributed by atoms with E-state index in [2.05, 4.69) is 9.83 Å². The molecule has 0 bridgehead atoms. The van der Waals surface area contributed by atoms with Gasteiger partial charge in [-0.1, -0.05) is 18.2 Å². The number of hydrogen-bond acceptors (Lipinski definition) is 2. The van der Waals surface area contributed by atoms with E-state index in [1.165, 1.54) is 12.3 Å². The van der Waals surface area contributed by atoms with Gasteiger partial charge in [-0.2, -0.15) is 0 Å². The topological polar surface area (TPSA) is 34.3 Å². The van der Waals surface area contributed by atoms with Crippen LogP contribution in [0.25, 0.3) is 4.85 Å². The van der Waals surface area contributed by atoms with Gasteiger partial charge in [-0.3, -0.25) is 4.79 Å². The minimum Gasteiger partial charge on any atom is -0.359 e. The SMILES string of the molecule is [C-]#[N+]c1ncc(C=O)cc1Cl. The smallest absolute Gasteiger partial charge is 0.288 e. The van der Waals surface area contributed by atoms with E-state index in [1.807, 2.05) is 0 Å². The fourth-order valence-corrected chi connectivity index (χ4v) is 0.809. The highest BCUT2D eigenvalue weighted by atomic mass is 35.5. The van der Waals surface area contributed by atoms with Gasteiger partial charge in [0.05, 0.1) is 10.6 Å². The number of aldehydes is 1. The van der Waals surface area contributed by atoms with Crippen molar-refractivity contribution in [3.8, 4) is 0 Å². The molecule has 0 atom stereocenters. The number of carbonyl (C=O) groups is 1. The fourth-order valence-electron chi connectivity index (χ4n) is 0.592. The summed E-state index contributed by atoms with van der Waals surface area (Å²) in [6.07, 6.45) is 1.94. The first-order chi connectivity index (χ1) is 5.27. The number of carbonyl (C=O) groups excluding carboxylic acids is 1. The molecule has 54 valence electrons. The molecule has 0 aliphatic heterocycles. The summed E-state index contributed by atoms with van der Waals surface area (Å²) in [5, 5.41) is 0.213. The van der Waals surface area contributed by atoms with Gasteiger partial charge >= 0.3 is 0 Å². The number of pyridine rings is 1. The van der Waals surface area contributed by atoms with Crippen molar-refractivity contribution in [1.29, 1.82) is 0 Å². The second kappa shape index (κ2) is 3.13. The molecule has 0 unspecified atom stereocenters. The molecule has 1 aromatic rings. The Labute approximate surface area is 68.4 Å². The van der Waals surface area contributed by atoms with Crippen molar-refractivity contribution in [3.63, 3.8) is 0 Å². The maximum atomic E-state index is 10.2. The number of hydrogen-bond donors (Lipinski definition) is 0. The van der Waals surface area contributed by atoms with Crippen LogP contribution >= 0.6 is 11.6 Å². The first kappa shape index (κ1) is 7.70. The Bertz CT molecular complexity index is 330. The van der Waals surface area contributed by atoms with Crippen LogP contribution in [-0.2, 0) is 0 Å². The molecule has 0 N–H and O–H groups in total. The normalized spacial score (nSPS) is 8.73. The molecule has 0 saturated carbocycles. The van der Waals surface area contributed by atoms with Crippen LogP contribution in [0.15, 0.2) is 12.3 Å². The Morgan fingerprint density at radius 3 is 2.91 bits per heavy atom. The summed E-state index contributed by atoms with van der Waals surface area (Å²) in [5.41, 5.74) is 0.377. The summed E-state index contributed by atoms with van der Waals surface area (Å²) in [6, 6.07) is 1.41. The molecule has 1 rings (SSSR count). The van der Waals surface area contributed by atoms with E-state index >= 15 is 0 Å². The fraction of sp³-hybridized carbons (Fsp3) is 0. The molecule has 0 aromatic carbocycles. The largest absolute Gasteiger partial charge is 0.359 e. The summed E-state index contributed by atoms with van der Waals surface area (Å²) in [5.74, 6) is 0.122. The van der Waals surface area contributed by atoms with Gasteiger partial charge in [0.15, 0.2) is 6.29 Å². The third-order valence-electron chi connectivity index (χ3n) is 1.08. The van der Waals surface area contributed by atoms with Gasteiger partial charge < -0.3 is 4.85 Å². The first-order valence-corrected chi connectivity index (χ1v) is 3.14. The zero-order valence-corrected chi connectivity index (χ0v) is 6.17. The van der Waals surface area contributed by atoms with Crippen molar-refractivity contribution in [2.75, 3.05) is 0 Å². The molecule has 1 aromatic heterocycles. The zero-order valence-electron chi connectivity index (χ0n) is 5.41. The van der Waals surface area contributed by atoms with Crippen molar-refractivity contribution in [2.45, 2.75) is 0 Å². The lowest BCUT2D eigenvalue weighted by Crippen LogP contribution is -1.81. The van der Waals surface area contributed by atoms with Crippen molar-refractivity contribution in [3.05, 3.63) is 34.3 Å². The maximum absolute atomic E-state index is 10.2.